The van der Waals surface area contributed by atoms with Crippen LogP contribution in [0.2, 0.25) is 0 Å². The fraction of sp³-hybridized carbons (Fsp3) is 0.478. The monoisotopic (exact) mass is 443 g/mol. The summed E-state index contributed by atoms with van der Waals surface area (Å²) in [7, 11) is -3.05. The summed E-state index contributed by atoms with van der Waals surface area (Å²) in [6, 6.07) is 3.50. The Hall–Kier alpha value is -2.61. The number of carbonyl (C=O) groups is 1. The highest BCUT2D eigenvalue weighted by Gasteiger charge is 2.29. The first-order valence-electron chi connectivity index (χ1n) is 10.8. The summed E-state index contributed by atoms with van der Waals surface area (Å²) >= 11 is 0. The maximum Gasteiger partial charge on any atom is 0.339 e. The van der Waals surface area contributed by atoms with Gasteiger partial charge in [-0.05, 0) is 50.7 Å². The second-order valence-corrected chi connectivity index (χ2v) is 10.9. The third-order valence-corrected chi connectivity index (χ3v) is 8.33. The molecule has 1 amide bonds. The van der Waals surface area contributed by atoms with Crippen LogP contribution in [-0.2, 0) is 33.9 Å². The van der Waals surface area contributed by atoms with Crippen molar-refractivity contribution in [1.29, 1.82) is 0 Å². The molecule has 7 nitrogen and oxygen atoms in total. The van der Waals surface area contributed by atoms with E-state index in [4.69, 9.17) is 8.83 Å². The van der Waals surface area contributed by atoms with Crippen molar-refractivity contribution in [3.8, 4) is 0 Å². The van der Waals surface area contributed by atoms with Crippen LogP contribution >= 0.6 is 0 Å². The fourth-order valence-electron chi connectivity index (χ4n) is 4.88. The van der Waals surface area contributed by atoms with Gasteiger partial charge < -0.3 is 14.2 Å². The zero-order chi connectivity index (χ0) is 21.8. The minimum Gasteiger partial charge on any atom is -0.461 e. The number of benzene rings is 1. The van der Waals surface area contributed by atoms with E-state index in [1.54, 1.807) is 6.07 Å². The Bertz CT molecular complexity index is 1360. The van der Waals surface area contributed by atoms with Gasteiger partial charge in [-0.1, -0.05) is 0 Å². The van der Waals surface area contributed by atoms with Crippen molar-refractivity contribution in [2.45, 2.75) is 57.9 Å². The molecule has 0 radical (unpaired) electrons. The van der Waals surface area contributed by atoms with Crippen LogP contribution in [0.15, 0.2) is 25.8 Å². The van der Waals surface area contributed by atoms with Gasteiger partial charge in [-0.25, -0.2) is 13.2 Å². The average Bonchev–Trinajstić information content (AvgIpc) is 3.25. The third kappa shape index (κ3) is 3.78. The lowest BCUT2D eigenvalue weighted by molar-refractivity contribution is -0.121. The quantitative estimate of drug-likeness (QED) is 0.622. The summed E-state index contributed by atoms with van der Waals surface area (Å²) in [5.41, 5.74) is 3.35. The van der Waals surface area contributed by atoms with E-state index in [0.717, 1.165) is 53.4 Å². The molecule has 164 valence electrons. The number of sulfone groups is 1. The van der Waals surface area contributed by atoms with Crippen LogP contribution in [0, 0.1) is 6.92 Å². The van der Waals surface area contributed by atoms with Gasteiger partial charge in [0.2, 0.25) is 5.91 Å². The van der Waals surface area contributed by atoms with Crippen molar-refractivity contribution in [3.63, 3.8) is 0 Å². The van der Waals surface area contributed by atoms with Gasteiger partial charge >= 0.3 is 5.63 Å². The minimum atomic E-state index is -3.05. The van der Waals surface area contributed by atoms with Crippen LogP contribution in [0.3, 0.4) is 0 Å². The van der Waals surface area contributed by atoms with Crippen LogP contribution in [0.25, 0.3) is 21.9 Å². The second-order valence-electron chi connectivity index (χ2n) is 8.72. The molecule has 2 aliphatic rings. The molecule has 3 heterocycles. The van der Waals surface area contributed by atoms with Crippen molar-refractivity contribution < 1.29 is 22.0 Å². The molecule has 5 rings (SSSR count). The molecular formula is C23H25NO6S. The number of furan rings is 1. The zero-order valence-electron chi connectivity index (χ0n) is 17.5. The predicted octanol–water partition coefficient (Wildman–Crippen LogP) is 2.96. The summed E-state index contributed by atoms with van der Waals surface area (Å²) in [5.74, 6) is 0.876. The van der Waals surface area contributed by atoms with Gasteiger partial charge in [-0.3, -0.25) is 4.79 Å². The van der Waals surface area contributed by atoms with Crippen molar-refractivity contribution in [1.82, 2.24) is 5.32 Å². The maximum absolute atomic E-state index is 12.6. The van der Waals surface area contributed by atoms with Crippen molar-refractivity contribution >= 4 is 37.7 Å². The lowest BCUT2D eigenvalue weighted by Gasteiger charge is -2.12. The Balaban J connectivity index is 1.41. The maximum atomic E-state index is 12.6. The molecule has 1 aromatic carbocycles. The first kappa shape index (κ1) is 20.3. The topological polar surface area (TPSA) is 107 Å². The fourth-order valence-corrected chi connectivity index (χ4v) is 6.55. The molecule has 1 atom stereocenters. The van der Waals surface area contributed by atoms with Gasteiger partial charge in [-0.2, -0.15) is 0 Å². The van der Waals surface area contributed by atoms with E-state index in [1.807, 2.05) is 13.0 Å². The molecule has 1 saturated heterocycles. The molecule has 1 aliphatic carbocycles. The first-order valence-corrected chi connectivity index (χ1v) is 12.6. The normalized spacial score (nSPS) is 20.2. The molecule has 1 unspecified atom stereocenters. The number of nitrogens with one attached hydrogen (secondary N) is 1. The Labute approximate surface area is 179 Å². The summed E-state index contributed by atoms with van der Waals surface area (Å²) < 4.78 is 34.7. The van der Waals surface area contributed by atoms with Crippen molar-refractivity contribution in [2.24, 2.45) is 0 Å². The number of carbonyl (C=O) groups excluding carboxylic acids is 1. The highest BCUT2D eigenvalue weighted by molar-refractivity contribution is 7.91. The minimum absolute atomic E-state index is 0.0130. The number of amides is 1. The average molecular weight is 444 g/mol. The smallest absolute Gasteiger partial charge is 0.339 e. The summed E-state index contributed by atoms with van der Waals surface area (Å²) in [4.78, 5) is 24.9. The number of hydrogen-bond donors (Lipinski definition) is 1. The molecule has 1 fully saturated rings. The Morgan fingerprint density at radius 3 is 2.68 bits per heavy atom. The van der Waals surface area contributed by atoms with E-state index >= 15 is 0 Å². The number of rotatable bonds is 4. The Morgan fingerprint density at radius 1 is 1.13 bits per heavy atom. The Kier molecular flexibility index (Phi) is 4.92. The van der Waals surface area contributed by atoms with E-state index in [-0.39, 0.29) is 36.3 Å². The second kappa shape index (κ2) is 7.51. The van der Waals surface area contributed by atoms with Crippen LogP contribution in [0.1, 0.15) is 48.1 Å². The summed E-state index contributed by atoms with van der Waals surface area (Å²) in [6.45, 7) is 1.88. The molecule has 8 heteroatoms. The SMILES string of the molecule is Cc1c(CCC(=O)NC2CCS(=O)(=O)C2)c(=O)oc2cc3oc4c(c3cc12)CCCC4. The van der Waals surface area contributed by atoms with Gasteiger partial charge in [0.25, 0.3) is 0 Å². The molecular weight excluding hydrogens is 418 g/mol. The number of aryl methyl sites for hydroxylation is 3. The van der Waals surface area contributed by atoms with E-state index in [1.165, 1.54) is 5.56 Å². The summed E-state index contributed by atoms with van der Waals surface area (Å²) in [6.07, 6.45) is 4.99. The lowest BCUT2D eigenvalue weighted by Crippen LogP contribution is -2.35. The largest absolute Gasteiger partial charge is 0.461 e. The highest BCUT2D eigenvalue weighted by Crippen LogP contribution is 2.35. The lowest BCUT2D eigenvalue weighted by atomic mass is 9.94. The Morgan fingerprint density at radius 2 is 1.90 bits per heavy atom. The van der Waals surface area contributed by atoms with Crippen molar-refractivity contribution in [2.75, 3.05) is 11.5 Å². The molecule has 2 aromatic heterocycles. The molecule has 1 aliphatic heterocycles. The van der Waals surface area contributed by atoms with Crippen molar-refractivity contribution in [3.05, 3.63) is 45.0 Å². The zero-order valence-corrected chi connectivity index (χ0v) is 18.3. The van der Waals surface area contributed by atoms with Gasteiger partial charge in [-0.15, -0.1) is 0 Å². The third-order valence-electron chi connectivity index (χ3n) is 6.56. The van der Waals surface area contributed by atoms with Gasteiger partial charge in [0, 0.05) is 46.8 Å². The molecule has 0 spiro atoms. The van der Waals surface area contributed by atoms with Crippen LogP contribution in [0.4, 0.5) is 0 Å². The van der Waals surface area contributed by atoms with E-state index in [9.17, 15) is 18.0 Å². The summed E-state index contributed by atoms with van der Waals surface area (Å²) in [5, 5.41) is 4.71. The highest BCUT2D eigenvalue weighted by atomic mass is 32.2. The predicted molar refractivity (Wildman–Crippen MR) is 117 cm³/mol. The van der Waals surface area contributed by atoms with Gasteiger partial charge in [0.15, 0.2) is 9.84 Å². The van der Waals surface area contributed by atoms with Gasteiger partial charge in [0.1, 0.15) is 16.9 Å². The standard InChI is InChI=1S/C23H25NO6S/c1-13-15(6-7-22(25)24-14-8-9-31(27,28)12-14)23(26)30-20-11-21-18(10-17(13)20)16-4-2-3-5-19(16)29-21/h10-11,14H,2-9,12H2,1H3,(H,24,25). The van der Waals surface area contributed by atoms with Crippen LogP contribution < -0.4 is 10.9 Å². The molecule has 3 aromatic rings. The van der Waals surface area contributed by atoms with Crippen LogP contribution in [0.5, 0.6) is 0 Å². The van der Waals surface area contributed by atoms with Gasteiger partial charge in [0.05, 0.1) is 11.5 Å². The van der Waals surface area contributed by atoms with E-state index in [0.29, 0.717) is 17.6 Å². The first-order chi connectivity index (χ1) is 14.8. The number of hydrogen-bond acceptors (Lipinski definition) is 6. The van der Waals surface area contributed by atoms with E-state index in [2.05, 4.69) is 5.32 Å². The number of fused-ring (bicyclic) bond motifs is 4. The molecule has 1 N–H and O–H groups in total. The van der Waals surface area contributed by atoms with E-state index < -0.39 is 15.5 Å². The molecule has 0 saturated carbocycles. The molecule has 0 bridgehead atoms. The van der Waals surface area contributed by atoms with Crippen LogP contribution in [-0.4, -0.2) is 31.9 Å². The molecule has 31 heavy (non-hydrogen) atoms.